The van der Waals surface area contributed by atoms with E-state index in [2.05, 4.69) is 10.3 Å². The van der Waals surface area contributed by atoms with E-state index >= 15 is 0 Å². The molecule has 2 aromatic heterocycles. The van der Waals surface area contributed by atoms with Gasteiger partial charge in [0.1, 0.15) is 5.65 Å². The summed E-state index contributed by atoms with van der Waals surface area (Å²) in [5, 5.41) is 3.56. The SMILES string of the molecule is O=C(Nc1ccc(Cl)c(Cl)c1)N1CCc2nc3ccccn3c(=O)c2C1. The Bertz CT molecular complexity index is 1080. The lowest BCUT2D eigenvalue weighted by Gasteiger charge is -2.28. The number of anilines is 1. The van der Waals surface area contributed by atoms with Gasteiger partial charge in [-0.3, -0.25) is 9.20 Å². The van der Waals surface area contributed by atoms with Crippen LogP contribution >= 0.6 is 23.2 Å². The molecular weight excluding hydrogens is 375 g/mol. The molecule has 3 aromatic rings. The molecule has 0 saturated heterocycles. The zero-order valence-electron chi connectivity index (χ0n) is 13.6. The van der Waals surface area contributed by atoms with E-state index in [1.807, 2.05) is 6.07 Å². The maximum atomic E-state index is 12.7. The number of halogens is 2. The lowest BCUT2D eigenvalue weighted by molar-refractivity contribution is 0.205. The maximum Gasteiger partial charge on any atom is 0.322 e. The van der Waals surface area contributed by atoms with E-state index in [1.165, 1.54) is 4.40 Å². The average Bonchev–Trinajstić information content (AvgIpc) is 2.65. The number of hydrogen-bond acceptors (Lipinski definition) is 3. The normalized spacial score (nSPS) is 13.5. The molecule has 0 unspecified atom stereocenters. The van der Waals surface area contributed by atoms with Crippen molar-refractivity contribution >= 4 is 40.6 Å². The van der Waals surface area contributed by atoms with Gasteiger partial charge in [0.05, 0.1) is 27.8 Å². The minimum atomic E-state index is -0.299. The molecule has 8 heteroatoms. The van der Waals surface area contributed by atoms with Gasteiger partial charge in [0.25, 0.3) is 5.56 Å². The smallest absolute Gasteiger partial charge is 0.320 e. The molecule has 1 N–H and O–H groups in total. The van der Waals surface area contributed by atoms with Gasteiger partial charge in [-0.1, -0.05) is 29.3 Å². The third kappa shape index (κ3) is 3.02. The number of amides is 2. The molecule has 1 aliphatic rings. The van der Waals surface area contributed by atoms with Gasteiger partial charge in [-0.05, 0) is 30.3 Å². The predicted molar refractivity (Wildman–Crippen MR) is 101 cm³/mol. The van der Waals surface area contributed by atoms with Crippen LogP contribution in [-0.4, -0.2) is 26.9 Å². The molecule has 1 aliphatic heterocycles. The van der Waals surface area contributed by atoms with Gasteiger partial charge in [0.2, 0.25) is 0 Å². The number of hydrogen-bond donors (Lipinski definition) is 1. The van der Waals surface area contributed by atoms with Crippen LogP contribution < -0.4 is 10.9 Å². The number of rotatable bonds is 1. The van der Waals surface area contributed by atoms with E-state index in [4.69, 9.17) is 23.2 Å². The number of carbonyl (C=O) groups excluding carboxylic acids is 1. The summed E-state index contributed by atoms with van der Waals surface area (Å²) in [5.41, 5.74) is 2.31. The topological polar surface area (TPSA) is 66.7 Å². The van der Waals surface area contributed by atoms with Gasteiger partial charge >= 0.3 is 6.03 Å². The summed E-state index contributed by atoms with van der Waals surface area (Å²) >= 11 is 11.9. The van der Waals surface area contributed by atoms with Crippen molar-refractivity contribution in [3.63, 3.8) is 0 Å². The number of urea groups is 1. The van der Waals surface area contributed by atoms with Gasteiger partial charge in [-0.15, -0.1) is 0 Å². The number of aromatic nitrogens is 2. The van der Waals surface area contributed by atoms with Crippen LogP contribution in [0, 0.1) is 0 Å². The van der Waals surface area contributed by atoms with Crippen LogP contribution in [0.25, 0.3) is 5.65 Å². The highest BCUT2D eigenvalue weighted by atomic mass is 35.5. The Morgan fingerprint density at radius 1 is 1.15 bits per heavy atom. The first kappa shape index (κ1) is 16.9. The molecule has 1 aromatic carbocycles. The van der Waals surface area contributed by atoms with Crippen LogP contribution in [-0.2, 0) is 13.0 Å². The Hall–Kier alpha value is -2.57. The van der Waals surface area contributed by atoms with E-state index in [1.54, 1.807) is 41.4 Å². The molecule has 6 nitrogen and oxygen atoms in total. The average molecular weight is 389 g/mol. The van der Waals surface area contributed by atoms with Crippen molar-refractivity contribution in [1.82, 2.24) is 14.3 Å². The molecule has 0 aliphatic carbocycles. The van der Waals surface area contributed by atoms with Crippen LogP contribution in [0.15, 0.2) is 47.4 Å². The predicted octanol–water partition coefficient (Wildman–Crippen LogP) is 3.59. The van der Waals surface area contributed by atoms with E-state index in [0.717, 1.165) is 5.69 Å². The first-order chi connectivity index (χ1) is 12.5. The van der Waals surface area contributed by atoms with Gasteiger partial charge in [-0.25, -0.2) is 9.78 Å². The van der Waals surface area contributed by atoms with Crippen molar-refractivity contribution in [3.05, 3.63) is 74.3 Å². The van der Waals surface area contributed by atoms with Crippen molar-refractivity contribution in [2.75, 3.05) is 11.9 Å². The molecule has 0 atom stereocenters. The number of nitrogens with zero attached hydrogens (tertiary/aromatic N) is 3. The standard InChI is InChI=1S/C18H14Cl2N4O2/c19-13-5-4-11(9-14(13)20)21-18(26)23-8-6-15-12(10-23)17(25)24-7-2-1-3-16(24)22-15/h1-5,7,9H,6,8,10H2,(H,21,26). The summed E-state index contributed by atoms with van der Waals surface area (Å²) in [6, 6.07) is 10.00. The molecule has 132 valence electrons. The van der Waals surface area contributed by atoms with E-state index in [0.29, 0.717) is 39.9 Å². The second kappa shape index (κ2) is 6.63. The van der Waals surface area contributed by atoms with Crippen molar-refractivity contribution in [3.8, 4) is 0 Å². The first-order valence-corrected chi connectivity index (χ1v) is 8.78. The van der Waals surface area contributed by atoms with Gasteiger partial charge < -0.3 is 10.2 Å². The Balaban J connectivity index is 1.59. The molecule has 0 fully saturated rings. The highest BCUT2D eigenvalue weighted by Gasteiger charge is 2.25. The minimum Gasteiger partial charge on any atom is -0.320 e. The van der Waals surface area contributed by atoms with Crippen molar-refractivity contribution in [2.45, 2.75) is 13.0 Å². The number of benzene rings is 1. The van der Waals surface area contributed by atoms with Crippen LogP contribution in [0.3, 0.4) is 0 Å². The summed E-state index contributed by atoms with van der Waals surface area (Å²) in [4.78, 5) is 31.4. The molecule has 0 radical (unpaired) electrons. The van der Waals surface area contributed by atoms with E-state index in [-0.39, 0.29) is 18.1 Å². The fourth-order valence-corrected chi connectivity index (χ4v) is 3.30. The zero-order valence-corrected chi connectivity index (χ0v) is 15.1. The van der Waals surface area contributed by atoms with Gasteiger partial charge in [0, 0.05) is 24.8 Å². The quantitative estimate of drug-likeness (QED) is 0.692. The molecule has 4 rings (SSSR count). The van der Waals surface area contributed by atoms with E-state index < -0.39 is 0 Å². The highest BCUT2D eigenvalue weighted by Crippen LogP contribution is 2.25. The maximum absolute atomic E-state index is 12.7. The van der Waals surface area contributed by atoms with Gasteiger partial charge in [-0.2, -0.15) is 0 Å². The largest absolute Gasteiger partial charge is 0.322 e. The highest BCUT2D eigenvalue weighted by molar-refractivity contribution is 6.42. The van der Waals surface area contributed by atoms with Crippen LogP contribution in [0.2, 0.25) is 10.0 Å². The lowest BCUT2D eigenvalue weighted by Crippen LogP contribution is -2.42. The minimum absolute atomic E-state index is 0.141. The number of pyridine rings is 1. The van der Waals surface area contributed by atoms with Crippen molar-refractivity contribution in [2.24, 2.45) is 0 Å². The summed E-state index contributed by atoms with van der Waals surface area (Å²) in [7, 11) is 0. The Labute approximate surface area is 159 Å². The third-order valence-electron chi connectivity index (χ3n) is 4.34. The molecule has 3 heterocycles. The van der Waals surface area contributed by atoms with Crippen LogP contribution in [0.4, 0.5) is 10.5 Å². The zero-order chi connectivity index (χ0) is 18.3. The van der Waals surface area contributed by atoms with Crippen LogP contribution in [0.1, 0.15) is 11.3 Å². The Morgan fingerprint density at radius 2 is 2.00 bits per heavy atom. The van der Waals surface area contributed by atoms with Gasteiger partial charge in [0.15, 0.2) is 0 Å². The number of nitrogens with one attached hydrogen (secondary N) is 1. The van der Waals surface area contributed by atoms with E-state index in [9.17, 15) is 9.59 Å². The fourth-order valence-electron chi connectivity index (χ4n) is 3.00. The molecule has 0 saturated carbocycles. The van der Waals surface area contributed by atoms with Crippen molar-refractivity contribution < 1.29 is 4.79 Å². The van der Waals surface area contributed by atoms with Crippen molar-refractivity contribution in [1.29, 1.82) is 0 Å². The second-order valence-electron chi connectivity index (χ2n) is 6.00. The molecular formula is C18H14Cl2N4O2. The number of fused-ring (bicyclic) bond motifs is 2. The van der Waals surface area contributed by atoms with Crippen LogP contribution in [0.5, 0.6) is 0 Å². The third-order valence-corrected chi connectivity index (χ3v) is 5.08. The number of carbonyl (C=O) groups is 1. The first-order valence-electron chi connectivity index (χ1n) is 8.03. The molecule has 2 amide bonds. The fraction of sp³-hybridized carbons (Fsp3) is 0.167. The Kier molecular flexibility index (Phi) is 4.30. The Morgan fingerprint density at radius 3 is 2.81 bits per heavy atom. The summed E-state index contributed by atoms with van der Waals surface area (Å²) in [6.45, 7) is 0.696. The second-order valence-corrected chi connectivity index (χ2v) is 6.82. The summed E-state index contributed by atoms with van der Waals surface area (Å²) < 4.78 is 1.50. The monoisotopic (exact) mass is 388 g/mol. The molecule has 0 spiro atoms. The lowest BCUT2D eigenvalue weighted by atomic mass is 10.1. The summed E-state index contributed by atoms with van der Waals surface area (Å²) in [6.07, 6.45) is 2.21. The molecule has 0 bridgehead atoms. The summed E-state index contributed by atoms with van der Waals surface area (Å²) in [5.74, 6) is 0. The molecule has 26 heavy (non-hydrogen) atoms.